The van der Waals surface area contributed by atoms with Crippen LogP contribution < -0.4 is 5.72 Å². The minimum absolute atomic E-state index is 0.0248. The summed E-state index contributed by atoms with van der Waals surface area (Å²) in [4.78, 5) is 14.5. The summed E-state index contributed by atoms with van der Waals surface area (Å²) in [5.74, 6) is -0.682. The summed E-state index contributed by atoms with van der Waals surface area (Å²) in [6, 6.07) is 3.09. The van der Waals surface area contributed by atoms with Crippen molar-refractivity contribution in [3.05, 3.63) is 30.1 Å². The summed E-state index contributed by atoms with van der Waals surface area (Å²) in [5, 5.41) is 0. The molecular weight excluding hydrogens is 116 g/mol. The van der Waals surface area contributed by atoms with Gasteiger partial charge in [0, 0.05) is 12.4 Å². The lowest BCUT2D eigenvalue weighted by Gasteiger charge is -1.88. The van der Waals surface area contributed by atoms with E-state index in [1.54, 1.807) is 6.07 Å². The molecule has 1 amide bonds. The maximum absolute atomic E-state index is 10.9. The zero-order chi connectivity index (χ0) is 8.27. The molecule has 1 aromatic rings. The van der Waals surface area contributed by atoms with Crippen molar-refractivity contribution in [1.29, 1.82) is 0 Å². The van der Waals surface area contributed by atoms with Crippen molar-refractivity contribution in [3.63, 3.8) is 0 Å². The highest BCUT2D eigenvalue weighted by molar-refractivity contribution is 5.92. The number of nitrogens with zero attached hydrogens (tertiary/aromatic N) is 1. The van der Waals surface area contributed by atoms with Crippen LogP contribution in [0.25, 0.3) is 0 Å². The van der Waals surface area contributed by atoms with E-state index in [9.17, 15) is 4.79 Å². The van der Waals surface area contributed by atoms with Crippen molar-refractivity contribution >= 4 is 5.91 Å². The van der Waals surface area contributed by atoms with Crippen LogP contribution in [0.4, 0.5) is 0 Å². The molecule has 46 valence electrons. The molecule has 0 saturated carbocycles. The number of aromatic nitrogens is 1. The Kier molecular flexibility index (Phi) is 0.906. The molecule has 1 rings (SSSR count). The summed E-state index contributed by atoms with van der Waals surface area (Å²) in [5.41, 5.74) is 0.273. The van der Waals surface area contributed by atoms with Crippen LogP contribution in [0.2, 0.25) is 2.82 Å². The van der Waals surface area contributed by atoms with Crippen LogP contribution in [0.5, 0.6) is 0 Å². The lowest BCUT2D eigenvalue weighted by atomic mass is 10.3. The standard InChI is InChI=1S/C6H6N2O/c7-6(9)5-2-1-3-8-4-5/h1-4H,(H2,7,9)/i/hD2. The number of pyridine rings is 1. The van der Waals surface area contributed by atoms with Crippen LogP contribution in [0, 0.1) is 0 Å². The van der Waals surface area contributed by atoms with Crippen LogP contribution in [0.1, 0.15) is 10.4 Å². The van der Waals surface area contributed by atoms with E-state index in [4.69, 9.17) is 2.82 Å². The lowest BCUT2D eigenvalue weighted by Crippen LogP contribution is -2.10. The third kappa shape index (κ3) is 1.25. The van der Waals surface area contributed by atoms with Gasteiger partial charge >= 0.3 is 0 Å². The fourth-order valence-corrected chi connectivity index (χ4v) is 0.489. The third-order valence-corrected chi connectivity index (χ3v) is 0.908. The summed E-state index contributed by atoms with van der Waals surface area (Å²) in [6.07, 6.45) is 2.84. The molecule has 3 nitrogen and oxygen atoms in total. The smallest absolute Gasteiger partial charge is 0.250 e. The summed E-state index contributed by atoms with van der Waals surface area (Å²) < 4.78 is 13.3. The van der Waals surface area contributed by atoms with Crippen molar-refractivity contribution in [3.8, 4) is 0 Å². The monoisotopic (exact) mass is 124 g/mol. The van der Waals surface area contributed by atoms with Crippen LogP contribution >= 0.6 is 0 Å². The quantitative estimate of drug-likeness (QED) is 0.580. The second kappa shape index (κ2) is 2.26. The van der Waals surface area contributed by atoms with Gasteiger partial charge in [-0.2, -0.15) is 0 Å². The van der Waals surface area contributed by atoms with Crippen LogP contribution in [0.3, 0.4) is 0 Å². The Morgan fingerprint density at radius 1 is 1.89 bits per heavy atom. The largest absolute Gasteiger partial charge is 0.366 e. The second-order valence-corrected chi connectivity index (χ2v) is 1.55. The number of carbonyl (C=O) groups is 1. The molecule has 0 spiro atoms. The molecule has 0 aliphatic rings. The van der Waals surface area contributed by atoms with E-state index in [1.807, 2.05) is 0 Å². The van der Waals surface area contributed by atoms with E-state index in [2.05, 4.69) is 4.98 Å². The number of amides is 1. The summed E-state index contributed by atoms with van der Waals surface area (Å²) >= 11 is 0. The van der Waals surface area contributed by atoms with Gasteiger partial charge in [-0.05, 0) is 12.1 Å². The van der Waals surface area contributed by atoms with E-state index in [1.165, 1.54) is 18.5 Å². The second-order valence-electron chi connectivity index (χ2n) is 1.55. The average molecular weight is 124 g/mol. The Hall–Kier alpha value is -1.38. The van der Waals surface area contributed by atoms with Crippen molar-refractivity contribution in [2.75, 3.05) is 0 Å². The Labute approximate surface area is 55.4 Å². The number of carbonyl (C=O) groups excluding carboxylic acids is 1. The van der Waals surface area contributed by atoms with E-state index >= 15 is 0 Å². The van der Waals surface area contributed by atoms with Gasteiger partial charge in [-0.25, -0.2) is 0 Å². The first-order chi connectivity index (χ1) is 5.22. The normalized spacial score (nSPS) is 11.6. The highest BCUT2D eigenvalue weighted by Gasteiger charge is 1.94. The summed E-state index contributed by atoms with van der Waals surface area (Å²) in [7, 11) is 0. The number of nitrogens with two attached hydrogens (primary N) is 1. The number of rotatable bonds is 1. The Morgan fingerprint density at radius 2 is 2.78 bits per heavy atom. The topological polar surface area (TPSA) is 56.0 Å². The predicted molar refractivity (Wildman–Crippen MR) is 32.8 cm³/mol. The fourth-order valence-electron chi connectivity index (χ4n) is 0.489. The molecule has 0 aromatic carbocycles. The van der Waals surface area contributed by atoms with E-state index in [-0.39, 0.29) is 11.3 Å². The molecule has 0 unspecified atom stereocenters. The molecule has 3 heteroatoms. The first kappa shape index (κ1) is 3.61. The zero-order valence-corrected chi connectivity index (χ0v) is 4.61. The van der Waals surface area contributed by atoms with Gasteiger partial charge < -0.3 is 5.72 Å². The van der Waals surface area contributed by atoms with Gasteiger partial charge in [0.2, 0.25) is 5.91 Å². The van der Waals surface area contributed by atoms with Crippen LogP contribution in [0.15, 0.2) is 24.5 Å². The molecule has 0 atom stereocenters. The van der Waals surface area contributed by atoms with E-state index in [0.29, 0.717) is 0 Å². The van der Waals surface area contributed by atoms with Crippen LogP contribution in [-0.2, 0) is 0 Å². The molecule has 0 aliphatic carbocycles. The van der Waals surface area contributed by atoms with Gasteiger partial charge in [0.1, 0.15) is 0 Å². The van der Waals surface area contributed by atoms with Crippen LogP contribution in [-0.4, -0.2) is 10.9 Å². The minimum atomic E-state index is -0.682. The highest BCUT2D eigenvalue weighted by atomic mass is 16.1. The van der Waals surface area contributed by atoms with Gasteiger partial charge in [0.25, 0.3) is 0 Å². The molecule has 1 aromatic heterocycles. The van der Waals surface area contributed by atoms with Crippen molar-refractivity contribution in [2.24, 2.45) is 5.72 Å². The Balaban J connectivity index is 2.86. The molecule has 0 bridgehead atoms. The maximum atomic E-state index is 10.9. The maximum Gasteiger partial charge on any atom is 0.250 e. The van der Waals surface area contributed by atoms with Crippen molar-refractivity contribution < 1.29 is 7.62 Å². The molecule has 0 fully saturated rings. The number of primary amides is 1. The predicted octanol–water partition coefficient (Wildman–Crippen LogP) is 0.180. The molecular formula is C6H6N2O. The van der Waals surface area contributed by atoms with Gasteiger partial charge in [0.05, 0.1) is 5.56 Å². The number of hydrogen-bond donors (Lipinski definition) is 1. The first-order valence-electron chi connectivity index (χ1n) is 3.33. The van der Waals surface area contributed by atoms with Gasteiger partial charge in [0.15, 0.2) is 2.82 Å². The molecule has 0 saturated heterocycles. The zero-order valence-electron chi connectivity index (χ0n) is 6.61. The van der Waals surface area contributed by atoms with Crippen molar-refractivity contribution in [1.82, 2.24) is 4.98 Å². The fraction of sp³-hybridized carbons (Fsp3) is 0. The third-order valence-electron chi connectivity index (χ3n) is 0.908. The molecule has 0 aliphatic heterocycles. The van der Waals surface area contributed by atoms with Gasteiger partial charge in [-0.15, -0.1) is 0 Å². The summed E-state index contributed by atoms with van der Waals surface area (Å²) in [6.45, 7) is 0. The average Bonchev–Trinajstić information content (AvgIpc) is 2.05. The van der Waals surface area contributed by atoms with Gasteiger partial charge in [-0.3, -0.25) is 9.78 Å². The Morgan fingerprint density at radius 3 is 3.33 bits per heavy atom. The lowest BCUT2D eigenvalue weighted by molar-refractivity contribution is 0.1000. The van der Waals surface area contributed by atoms with Gasteiger partial charge in [-0.1, -0.05) is 0 Å². The minimum Gasteiger partial charge on any atom is -0.366 e. The molecule has 1 heterocycles. The number of hydrogen-bond acceptors (Lipinski definition) is 2. The molecule has 0 radical (unpaired) electrons. The molecule has 2 N–H and O–H groups in total. The highest BCUT2D eigenvalue weighted by Crippen LogP contribution is 1.91. The SMILES string of the molecule is [2H]N([2H])C(=O)c1cccnc1. The van der Waals surface area contributed by atoms with E-state index in [0.717, 1.165) is 0 Å². The van der Waals surface area contributed by atoms with E-state index < -0.39 is 5.91 Å². The Bertz CT molecular complexity index is 250. The first-order valence-corrected chi connectivity index (χ1v) is 2.44. The molecule has 9 heavy (non-hydrogen) atoms. The van der Waals surface area contributed by atoms with Crippen molar-refractivity contribution in [2.45, 2.75) is 0 Å².